The average molecular weight is 304 g/mol. The highest BCUT2D eigenvalue weighted by Crippen LogP contribution is 2.19. The highest BCUT2D eigenvalue weighted by atomic mass is 16.4. The van der Waals surface area contributed by atoms with Gasteiger partial charge in [0.1, 0.15) is 6.04 Å². The van der Waals surface area contributed by atoms with Crippen molar-refractivity contribution in [2.75, 3.05) is 13.6 Å². The van der Waals surface area contributed by atoms with Gasteiger partial charge in [-0.15, -0.1) is 0 Å². The van der Waals surface area contributed by atoms with E-state index in [1.807, 2.05) is 49.2 Å². The molecule has 5 heteroatoms. The van der Waals surface area contributed by atoms with Crippen molar-refractivity contribution in [3.8, 4) is 0 Å². The maximum atomic E-state index is 12.7. The molecule has 2 unspecified atom stereocenters. The Kier molecular flexibility index (Phi) is 5.55. The second kappa shape index (κ2) is 7.40. The fourth-order valence-corrected chi connectivity index (χ4v) is 2.89. The van der Waals surface area contributed by atoms with E-state index in [1.165, 1.54) is 4.90 Å². The Hall–Kier alpha value is -1.88. The van der Waals surface area contributed by atoms with Crippen LogP contribution in [0.5, 0.6) is 0 Å². The molecule has 0 aliphatic carbocycles. The third-order valence-corrected chi connectivity index (χ3v) is 4.36. The SMILES string of the molecule is CC(C(=O)N1CCCCC1C(=O)O)N(C)Cc1ccccc1. The van der Waals surface area contributed by atoms with E-state index in [2.05, 4.69) is 0 Å². The van der Waals surface area contributed by atoms with Gasteiger partial charge in [0, 0.05) is 13.1 Å². The summed E-state index contributed by atoms with van der Waals surface area (Å²) in [6, 6.07) is 8.95. The summed E-state index contributed by atoms with van der Waals surface area (Å²) in [5, 5.41) is 9.31. The second-order valence-corrected chi connectivity index (χ2v) is 5.96. The third kappa shape index (κ3) is 3.85. The van der Waals surface area contributed by atoms with Crippen LogP contribution in [0.25, 0.3) is 0 Å². The fourth-order valence-electron chi connectivity index (χ4n) is 2.89. The number of aliphatic carboxylic acids is 1. The van der Waals surface area contributed by atoms with Crippen molar-refractivity contribution >= 4 is 11.9 Å². The largest absolute Gasteiger partial charge is 0.480 e. The standard InChI is InChI=1S/C17H24N2O3/c1-13(18(2)12-14-8-4-3-5-9-14)16(20)19-11-7-6-10-15(19)17(21)22/h3-5,8-9,13,15H,6-7,10-12H2,1-2H3,(H,21,22). The topological polar surface area (TPSA) is 60.9 Å². The molecule has 1 heterocycles. The number of piperidine rings is 1. The van der Waals surface area contributed by atoms with Crippen LogP contribution in [0, 0.1) is 0 Å². The Morgan fingerprint density at radius 1 is 1.32 bits per heavy atom. The van der Waals surface area contributed by atoms with E-state index in [1.54, 1.807) is 0 Å². The molecule has 1 aromatic rings. The van der Waals surface area contributed by atoms with Gasteiger partial charge in [0.05, 0.1) is 6.04 Å². The van der Waals surface area contributed by atoms with Crippen molar-refractivity contribution in [2.45, 2.75) is 44.8 Å². The summed E-state index contributed by atoms with van der Waals surface area (Å²) in [7, 11) is 1.90. The summed E-state index contributed by atoms with van der Waals surface area (Å²) in [4.78, 5) is 27.5. The Bertz CT molecular complexity index is 518. The summed E-state index contributed by atoms with van der Waals surface area (Å²) in [5.74, 6) is -0.989. The number of hydrogen-bond acceptors (Lipinski definition) is 3. The van der Waals surface area contributed by atoms with Crippen LogP contribution >= 0.6 is 0 Å². The molecule has 2 rings (SSSR count). The van der Waals surface area contributed by atoms with Crippen LogP contribution < -0.4 is 0 Å². The van der Waals surface area contributed by atoms with Crippen LogP contribution in [0.2, 0.25) is 0 Å². The van der Waals surface area contributed by atoms with Gasteiger partial charge in [0.25, 0.3) is 0 Å². The van der Waals surface area contributed by atoms with Crippen molar-refractivity contribution in [3.05, 3.63) is 35.9 Å². The number of rotatable bonds is 5. The molecule has 1 saturated heterocycles. The van der Waals surface area contributed by atoms with Gasteiger partial charge in [-0.3, -0.25) is 9.69 Å². The van der Waals surface area contributed by atoms with Crippen LogP contribution in [0.1, 0.15) is 31.7 Å². The van der Waals surface area contributed by atoms with Crippen LogP contribution in [0.15, 0.2) is 30.3 Å². The monoisotopic (exact) mass is 304 g/mol. The molecule has 22 heavy (non-hydrogen) atoms. The molecule has 120 valence electrons. The van der Waals surface area contributed by atoms with Crippen LogP contribution in [0.3, 0.4) is 0 Å². The molecule has 1 fully saturated rings. The first-order valence-electron chi connectivity index (χ1n) is 7.78. The number of likely N-dealkylation sites (N-methyl/N-ethyl adjacent to an activating group) is 1. The molecule has 0 aromatic heterocycles. The first kappa shape index (κ1) is 16.5. The van der Waals surface area contributed by atoms with Crippen molar-refractivity contribution in [2.24, 2.45) is 0 Å². The van der Waals surface area contributed by atoms with Crippen molar-refractivity contribution in [1.82, 2.24) is 9.80 Å². The Balaban J connectivity index is 2.02. The quantitative estimate of drug-likeness (QED) is 0.903. The molecular formula is C17H24N2O3. The average Bonchev–Trinajstić information content (AvgIpc) is 2.54. The molecular weight excluding hydrogens is 280 g/mol. The Morgan fingerprint density at radius 2 is 2.00 bits per heavy atom. The third-order valence-electron chi connectivity index (χ3n) is 4.36. The van der Waals surface area contributed by atoms with E-state index in [9.17, 15) is 14.7 Å². The highest BCUT2D eigenvalue weighted by Gasteiger charge is 2.34. The summed E-state index contributed by atoms with van der Waals surface area (Å²) in [5.41, 5.74) is 1.14. The molecule has 1 amide bonds. The number of carbonyl (C=O) groups excluding carboxylic acids is 1. The van der Waals surface area contributed by atoms with Crippen LogP contribution in [-0.2, 0) is 16.1 Å². The smallest absolute Gasteiger partial charge is 0.326 e. The number of hydrogen-bond donors (Lipinski definition) is 1. The van der Waals surface area contributed by atoms with Crippen molar-refractivity contribution in [3.63, 3.8) is 0 Å². The number of carboxylic acid groups (broad SMARTS) is 1. The van der Waals surface area contributed by atoms with E-state index in [0.29, 0.717) is 19.5 Å². The number of amides is 1. The predicted octanol–water partition coefficient (Wildman–Crippen LogP) is 1.97. The molecule has 0 radical (unpaired) electrons. The minimum atomic E-state index is -0.897. The molecule has 0 saturated carbocycles. The molecule has 2 atom stereocenters. The van der Waals surface area contributed by atoms with Gasteiger partial charge in [0.15, 0.2) is 0 Å². The molecule has 0 bridgehead atoms. The first-order valence-corrected chi connectivity index (χ1v) is 7.78. The number of likely N-dealkylation sites (tertiary alicyclic amines) is 1. The summed E-state index contributed by atoms with van der Waals surface area (Å²) >= 11 is 0. The predicted molar refractivity (Wildman–Crippen MR) is 84.4 cm³/mol. The van der Waals surface area contributed by atoms with Crippen LogP contribution in [0.4, 0.5) is 0 Å². The summed E-state index contributed by atoms with van der Waals surface area (Å²) in [6.07, 6.45) is 2.30. The van der Waals surface area contributed by atoms with E-state index in [4.69, 9.17) is 0 Å². The Labute approximate surface area is 131 Å². The number of benzene rings is 1. The first-order chi connectivity index (χ1) is 10.5. The zero-order valence-corrected chi connectivity index (χ0v) is 13.2. The minimum Gasteiger partial charge on any atom is -0.480 e. The summed E-state index contributed by atoms with van der Waals surface area (Å²) in [6.45, 7) is 3.05. The van der Waals surface area contributed by atoms with E-state index < -0.39 is 12.0 Å². The minimum absolute atomic E-state index is 0.0921. The number of carbonyl (C=O) groups is 2. The van der Waals surface area contributed by atoms with E-state index >= 15 is 0 Å². The lowest BCUT2D eigenvalue weighted by Gasteiger charge is -2.36. The van der Waals surface area contributed by atoms with Gasteiger partial charge < -0.3 is 10.0 Å². The van der Waals surface area contributed by atoms with Gasteiger partial charge in [-0.1, -0.05) is 30.3 Å². The molecule has 1 aromatic carbocycles. The van der Waals surface area contributed by atoms with Gasteiger partial charge in [0.2, 0.25) is 5.91 Å². The maximum absolute atomic E-state index is 12.7. The number of nitrogens with zero attached hydrogens (tertiary/aromatic N) is 2. The molecule has 1 aliphatic heterocycles. The van der Waals surface area contributed by atoms with Gasteiger partial charge in [-0.05, 0) is 38.8 Å². The normalized spacial score (nSPS) is 20.0. The lowest BCUT2D eigenvalue weighted by Crippen LogP contribution is -2.53. The Morgan fingerprint density at radius 3 is 2.64 bits per heavy atom. The molecule has 0 spiro atoms. The maximum Gasteiger partial charge on any atom is 0.326 e. The van der Waals surface area contributed by atoms with Gasteiger partial charge >= 0.3 is 5.97 Å². The lowest BCUT2D eigenvalue weighted by atomic mass is 10.0. The van der Waals surface area contributed by atoms with Gasteiger partial charge in [-0.25, -0.2) is 4.79 Å². The molecule has 5 nitrogen and oxygen atoms in total. The van der Waals surface area contributed by atoms with Gasteiger partial charge in [-0.2, -0.15) is 0 Å². The highest BCUT2D eigenvalue weighted by molar-refractivity contribution is 5.87. The fraction of sp³-hybridized carbons (Fsp3) is 0.529. The molecule has 1 aliphatic rings. The lowest BCUT2D eigenvalue weighted by molar-refractivity contribution is -0.154. The zero-order chi connectivity index (χ0) is 16.1. The van der Waals surface area contributed by atoms with E-state index in [-0.39, 0.29) is 11.9 Å². The number of carboxylic acids is 1. The summed E-state index contributed by atoms with van der Waals surface area (Å²) < 4.78 is 0. The van der Waals surface area contributed by atoms with E-state index in [0.717, 1.165) is 18.4 Å². The van der Waals surface area contributed by atoms with Crippen molar-refractivity contribution < 1.29 is 14.7 Å². The second-order valence-electron chi connectivity index (χ2n) is 5.96. The van der Waals surface area contributed by atoms with Crippen molar-refractivity contribution in [1.29, 1.82) is 0 Å². The molecule has 1 N–H and O–H groups in total. The zero-order valence-electron chi connectivity index (χ0n) is 13.2. The van der Waals surface area contributed by atoms with Crippen LogP contribution in [-0.4, -0.2) is 52.5 Å².